The van der Waals surface area contributed by atoms with Crippen LogP contribution in [0.1, 0.15) is 80.1 Å². The van der Waals surface area contributed by atoms with Crippen LogP contribution in [0.25, 0.3) is 0 Å². The van der Waals surface area contributed by atoms with Crippen LogP contribution in [-0.4, -0.2) is 144 Å². The first-order valence-corrected chi connectivity index (χ1v) is 16.5. The number of nitrogens with one attached hydrogen (secondary N) is 1. The van der Waals surface area contributed by atoms with Gasteiger partial charge in [0.2, 0.25) is 11.8 Å². The lowest BCUT2D eigenvalue weighted by atomic mass is 9.62. The van der Waals surface area contributed by atoms with Gasteiger partial charge in [0.15, 0.2) is 0 Å². The molecule has 13 nitrogen and oxygen atoms in total. The molecule has 3 saturated carbocycles. The molecule has 2 amide bonds. The van der Waals surface area contributed by atoms with E-state index < -0.39 is 17.1 Å². The number of hydrogen-bond acceptors (Lipinski definition) is 11. The predicted molar refractivity (Wildman–Crippen MR) is 172 cm³/mol. The van der Waals surface area contributed by atoms with Crippen LogP contribution in [0.5, 0.6) is 0 Å². The van der Waals surface area contributed by atoms with Gasteiger partial charge in [0.05, 0.1) is 26.2 Å². The van der Waals surface area contributed by atoms with E-state index in [2.05, 4.69) is 10.2 Å². The second kappa shape index (κ2) is 15.5. The maximum absolute atomic E-state index is 13.5. The van der Waals surface area contributed by atoms with Crippen LogP contribution < -0.4 is 16.8 Å². The summed E-state index contributed by atoms with van der Waals surface area (Å²) in [5.41, 5.74) is 10.6. The summed E-state index contributed by atoms with van der Waals surface area (Å²) >= 11 is 0. The van der Waals surface area contributed by atoms with E-state index in [0.29, 0.717) is 52.4 Å². The highest BCUT2D eigenvalue weighted by molar-refractivity contribution is 5.79. The lowest BCUT2D eigenvalue weighted by Crippen LogP contribution is -2.62. The Bertz CT molecular complexity index is 969. The van der Waals surface area contributed by atoms with Gasteiger partial charge in [0.25, 0.3) is 0 Å². The van der Waals surface area contributed by atoms with Crippen molar-refractivity contribution in [3.8, 4) is 0 Å². The molecule has 0 spiro atoms. The van der Waals surface area contributed by atoms with Gasteiger partial charge in [0.1, 0.15) is 11.2 Å². The van der Waals surface area contributed by atoms with Crippen LogP contribution in [0.2, 0.25) is 0 Å². The molecule has 4 fully saturated rings. The van der Waals surface area contributed by atoms with Gasteiger partial charge in [-0.05, 0) is 80.1 Å². The molecule has 0 aromatic rings. The standard InChI is InChI=1S/C32H59N7O6/c1-29(2,3)44-27(42)23-38-17-13-36(21-25(33)40)14-18-39(24-28(43)45-30(4,5)6)20-16-37(15-19-38)22-26(41)35-32-10-7-31(34,8-11-32)9-12-32/h7-24,34H2,1-6H3,(H2,33,40)(H,35,41). The van der Waals surface area contributed by atoms with Crippen LogP contribution in [0.4, 0.5) is 0 Å². The molecule has 1 saturated heterocycles. The molecule has 13 heteroatoms. The number of carbonyl (C=O) groups is 4. The first-order valence-electron chi connectivity index (χ1n) is 16.5. The molecule has 0 aromatic heterocycles. The Labute approximate surface area is 269 Å². The molecule has 0 radical (unpaired) electrons. The van der Waals surface area contributed by atoms with E-state index in [-0.39, 0.29) is 55.1 Å². The SMILES string of the molecule is CC(C)(C)OC(=O)CN1CCN(CC(N)=O)CCN(CC(=O)OC(C)(C)C)CCN(CC(=O)NC23CCC(N)(CC2)CC3)CC1. The fourth-order valence-corrected chi connectivity index (χ4v) is 6.48. The second-order valence-corrected chi connectivity index (χ2v) is 15.4. The number of esters is 2. The number of rotatable bonds is 9. The molecule has 1 heterocycles. The van der Waals surface area contributed by atoms with Gasteiger partial charge in [-0.1, -0.05) is 0 Å². The van der Waals surface area contributed by atoms with Crippen molar-refractivity contribution in [2.75, 3.05) is 78.5 Å². The van der Waals surface area contributed by atoms with Crippen molar-refractivity contribution in [1.29, 1.82) is 0 Å². The molecule has 0 atom stereocenters. The molecule has 3 aliphatic carbocycles. The van der Waals surface area contributed by atoms with Crippen LogP contribution in [0, 0.1) is 0 Å². The van der Waals surface area contributed by atoms with Crippen LogP contribution in [0.15, 0.2) is 0 Å². The number of ether oxygens (including phenoxy) is 2. The third-order valence-electron chi connectivity index (χ3n) is 8.93. The summed E-state index contributed by atoms with van der Waals surface area (Å²) < 4.78 is 11.2. The molecule has 0 unspecified atom stereocenters. The third-order valence-corrected chi connectivity index (χ3v) is 8.93. The lowest BCUT2D eigenvalue weighted by Gasteiger charge is -2.52. The maximum atomic E-state index is 13.5. The first-order chi connectivity index (χ1) is 20.8. The summed E-state index contributed by atoms with van der Waals surface area (Å²) in [4.78, 5) is 59.0. The first kappa shape index (κ1) is 37.1. The van der Waals surface area contributed by atoms with E-state index in [1.165, 1.54) is 0 Å². The van der Waals surface area contributed by atoms with Gasteiger partial charge in [-0.15, -0.1) is 0 Å². The number of amides is 2. The average Bonchev–Trinajstić information content (AvgIpc) is 2.88. The summed E-state index contributed by atoms with van der Waals surface area (Å²) in [6, 6.07) is 0. The molecule has 0 aromatic carbocycles. The fraction of sp³-hybridized carbons (Fsp3) is 0.875. The summed E-state index contributed by atoms with van der Waals surface area (Å²) in [6.45, 7) is 15.6. The Balaban J connectivity index is 1.74. The summed E-state index contributed by atoms with van der Waals surface area (Å²) in [5.74, 6) is -1.11. The molecule has 258 valence electrons. The molecule has 2 bridgehead atoms. The summed E-state index contributed by atoms with van der Waals surface area (Å²) in [7, 11) is 0. The Morgan fingerprint density at radius 2 is 0.933 bits per heavy atom. The molecule has 45 heavy (non-hydrogen) atoms. The predicted octanol–water partition coefficient (Wildman–Crippen LogP) is 0.297. The highest BCUT2D eigenvalue weighted by Crippen LogP contribution is 2.45. The van der Waals surface area contributed by atoms with E-state index in [1.54, 1.807) is 0 Å². The summed E-state index contributed by atoms with van der Waals surface area (Å²) in [6.07, 6.45) is 5.52. The van der Waals surface area contributed by atoms with E-state index in [0.717, 1.165) is 38.5 Å². The molecular formula is C32H59N7O6. The number of primary amides is 1. The van der Waals surface area contributed by atoms with Crippen molar-refractivity contribution in [2.24, 2.45) is 11.5 Å². The van der Waals surface area contributed by atoms with Crippen LogP contribution in [0.3, 0.4) is 0 Å². The summed E-state index contributed by atoms with van der Waals surface area (Å²) in [5, 5.41) is 3.37. The lowest BCUT2D eigenvalue weighted by molar-refractivity contribution is -0.157. The minimum absolute atomic E-state index is 0.0152. The minimum Gasteiger partial charge on any atom is -0.459 e. The van der Waals surface area contributed by atoms with E-state index >= 15 is 0 Å². The van der Waals surface area contributed by atoms with Crippen molar-refractivity contribution in [3.63, 3.8) is 0 Å². The smallest absolute Gasteiger partial charge is 0.320 e. The topological polar surface area (TPSA) is 164 Å². The number of hydrogen-bond donors (Lipinski definition) is 3. The van der Waals surface area contributed by atoms with Gasteiger partial charge < -0.3 is 26.3 Å². The molecule has 4 rings (SSSR count). The zero-order valence-electron chi connectivity index (χ0n) is 28.6. The second-order valence-electron chi connectivity index (χ2n) is 15.4. The van der Waals surface area contributed by atoms with E-state index in [1.807, 2.05) is 56.2 Å². The Hall–Kier alpha value is -2.32. The number of carbonyl (C=O) groups excluding carboxylic acids is 4. The quantitative estimate of drug-likeness (QED) is 0.298. The van der Waals surface area contributed by atoms with E-state index in [9.17, 15) is 19.2 Å². The highest BCUT2D eigenvalue weighted by Gasteiger charge is 2.47. The number of nitrogens with zero attached hydrogens (tertiary/aromatic N) is 4. The van der Waals surface area contributed by atoms with Gasteiger partial charge >= 0.3 is 11.9 Å². The Kier molecular flexibility index (Phi) is 12.8. The fourth-order valence-electron chi connectivity index (χ4n) is 6.48. The zero-order chi connectivity index (χ0) is 33.5. The van der Waals surface area contributed by atoms with Gasteiger partial charge in [0, 0.05) is 63.4 Å². The Morgan fingerprint density at radius 1 is 0.600 bits per heavy atom. The molecular weight excluding hydrogens is 578 g/mol. The minimum atomic E-state index is -0.607. The van der Waals surface area contributed by atoms with Crippen LogP contribution >= 0.6 is 0 Å². The monoisotopic (exact) mass is 637 g/mol. The number of nitrogens with two attached hydrogens (primary N) is 2. The van der Waals surface area contributed by atoms with Crippen molar-refractivity contribution in [3.05, 3.63) is 0 Å². The molecule has 4 aliphatic rings. The van der Waals surface area contributed by atoms with Gasteiger partial charge in [-0.3, -0.25) is 38.8 Å². The number of fused-ring (bicyclic) bond motifs is 3. The van der Waals surface area contributed by atoms with Crippen LogP contribution in [-0.2, 0) is 28.7 Å². The molecule has 5 N–H and O–H groups in total. The van der Waals surface area contributed by atoms with Gasteiger partial charge in [-0.2, -0.15) is 0 Å². The normalized spacial score (nSPS) is 26.8. The van der Waals surface area contributed by atoms with E-state index in [4.69, 9.17) is 20.9 Å². The largest absolute Gasteiger partial charge is 0.459 e. The van der Waals surface area contributed by atoms with Crippen molar-refractivity contribution >= 4 is 23.8 Å². The van der Waals surface area contributed by atoms with Crippen molar-refractivity contribution < 1.29 is 28.7 Å². The average molecular weight is 638 g/mol. The maximum Gasteiger partial charge on any atom is 0.320 e. The third kappa shape index (κ3) is 13.5. The zero-order valence-corrected chi connectivity index (χ0v) is 28.6. The van der Waals surface area contributed by atoms with Crippen molar-refractivity contribution in [1.82, 2.24) is 24.9 Å². The van der Waals surface area contributed by atoms with Gasteiger partial charge in [-0.25, -0.2) is 0 Å². The van der Waals surface area contributed by atoms with Crippen molar-refractivity contribution in [2.45, 2.75) is 102 Å². The Morgan fingerprint density at radius 3 is 1.27 bits per heavy atom. The molecule has 1 aliphatic heterocycles. The highest BCUT2D eigenvalue weighted by atomic mass is 16.6.